The lowest BCUT2D eigenvalue weighted by molar-refractivity contribution is 0.524. The van der Waals surface area contributed by atoms with E-state index in [-0.39, 0.29) is 0 Å². The van der Waals surface area contributed by atoms with Gasteiger partial charge in [-0.15, -0.1) is 0 Å². The first-order chi connectivity index (χ1) is 4.38. The van der Waals surface area contributed by atoms with Crippen LogP contribution in [0.3, 0.4) is 0 Å². The van der Waals surface area contributed by atoms with Crippen molar-refractivity contribution >= 4 is 11.0 Å². The molecule has 0 aliphatic carbocycles. The fraction of sp³-hybridized carbons (Fsp3) is 0.143. The van der Waals surface area contributed by atoms with Gasteiger partial charge in [-0.3, -0.25) is 0 Å². The van der Waals surface area contributed by atoms with E-state index in [1.54, 1.807) is 12.5 Å². The number of hydrogen-bond donors (Lipinski definition) is 0. The van der Waals surface area contributed by atoms with Gasteiger partial charge >= 0.3 is 0 Å². The van der Waals surface area contributed by atoms with Gasteiger partial charge in [0.05, 0.1) is 11.6 Å². The Hall–Kier alpha value is -1.18. The van der Waals surface area contributed by atoms with Crippen molar-refractivity contribution in [3.05, 3.63) is 24.4 Å². The molecule has 0 aliphatic heterocycles. The maximum absolute atomic E-state index is 5.06. The molecule has 0 saturated heterocycles. The highest BCUT2D eigenvalue weighted by molar-refractivity contribution is 5.78. The van der Waals surface area contributed by atoms with Gasteiger partial charge in [-0.25, -0.2) is 0 Å². The van der Waals surface area contributed by atoms with Crippen LogP contribution in [0, 0.1) is 6.92 Å². The Morgan fingerprint density at radius 3 is 3.00 bits per heavy atom. The summed E-state index contributed by atoms with van der Waals surface area (Å²) in [5.74, 6) is 0.916. The van der Waals surface area contributed by atoms with Gasteiger partial charge in [0.1, 0.15) is 12.0 Å². The zero-order valence-corrected chi connectivity index (χ0v) is 5.05. The van der Waals surface area contributed by atoms with E-state index in [9.17, 15) is 0 Å². The molecule has 0 amide bonds. The second-order valence-corrected chi connectivity index (χ2v) is 1.99. The monoisotopic (exact) mass is 122 g/mol. The van der Waals surface area contributed by atoms with E-state index in [0.29, 0.717) is 0 Å². The number of hydrogen-bond acceptors (Lipinski definition) is 2. The lowest BCUT2D eigenvalue weighted by Gasteiger charge is -1.74. The topological polar surface area (TPSA) is 26.3 Å². The first kappa shape index (κ1) is 4.68. The third-order valence-electron chi connectivity index (χ3n) is 1.42. The molecular weight excluding hydrogens is 116 g/mol. The summed E-state index contributed by atoms with van der Waals surface area (Å²) >= 11 is 0. The summed E-state index contributed by atoms with van der Waals surface area (Å²) in [4.78, 5) is 0. The number of rotatable bonds is 0. The van der Waals surface area contributed by atoms with Crippen LogP contribution in [0.15, 0.2) is 27.4 Å². The molecule has 9 heavy (non-hydrogen) atoms. The molecule has 2 nitrogen and oxygen atoms in total. The first-order valence-corrected chi connectivity index (χ1v) is 2.79. The maximum Gasteiger partial charge on any atom is 0.172 e. The van der Waals surface area contributed by atoms with E-state index in [1.807, 2.05) is 13.0 Å². The molecule has 2 aromatic rings. The predicted octanol–water partition coefficient (Wildman–Crippen LogP) is 2.33. The van der Waals surface area contributed by atoms with Crippen molar-refractivity contribution in [3.8, 4) is 0 Å². The zero-order valence-electron chi connectivity index (χ0n) is 5.05. The summed E-state index contributed by atoms with van der Waals surface area (Å²) in [6.45, 7) is 1.91. The SMILES string of the molecule is Cc1occ2occc12. The summed E-state index contributed by atoms with van der Waals surface area (Å²) in [6.07, 6.45) is 3.28. The van der Waals surface area contributed by atoms with Crippen molar-refractivity contribution in [3.63, 3.8) is 0 Å². The van der Waals surface area contributed by atoms with E-state index in [0.717, 1.165) is 16.7 Å². The van der Waals surface area contributed by atoms with Crippen LogP contribution in [0.4, 0.5) is 0 Å². The smallest absolute Gasteiger partial charge is 0.172 e. The normalized spacial score (nSPS) is 10.8. The molecule has 2 rings (SSSR count). The Morgan fingerprint density at radius 2 is 2.22 bits per heavy atom. The Kier molecular flexibility index (Phi) is 0.730. The molecule has 0 saturated carbocycles. The Morgan fingerprint density at radius 1 is 1.33 bits per heavy atom. The van der Waals surface area contributed by atoms with E-state index < -0.39 is 0 Å². The summed E-state index contributed by atoms with van der Waals surface area (Å²) < 4.78 is 10.1. The zero-order chi connectivity index (χ0) is 6.27. The minimum absolute atomic E-state index is 0.826. The molecule has 2 heteroatoms. The third-order valence-corrected chi connectivity index (χ3v) is 1.42. The van der Waals surface area contributed by atoms with E-state index in [2.05, 4.69) is 0 Å². The second kappa shape index (κ2) is 1.41. The molecule has 0 spiro atoms. The maximum atomic E-state index is 5.06. The van der Waals surface area contributed by atoms with Crippen LogP contribution in [-0.4, -0.2) is 0 Å². The highest BCUT2D eigenvalue weighted by Gasteiger charge is 2.01. The van der Waals surface area contributed by atoms with Crippen LogP contribution in [0.5, 0.6) is 0 Å². The van der Waals surface area contributed by atoms with Gasteiger partial charge in [0, 0.05) is 0 Å². The molecule has 0 unspecified atom stereocenters. The van der Waals surface area contributed by atoms with E-state index >= 15 is 0 Å². The van der Waals surface area contributed by atoms with Gasteiger partial charge in [0.2, 0.25) is 0 Å². The van der Waals surface area contributed by atoms with Crippen molar-refractivity contribution in [2.24, 2.45) is 0 Å². The number of furan rings is 2. The summed E-state index contributed by atoms with van der Waals surface area (Å²) in [7, 11) is 0. The summed E-state index contributed by atoms with van der Waals surface area (Å²) in [5.41, 5.74) is 0.826. The molecular formula is C7H6O2. The van der Waals surface area contributed by atoms with E-state index in [4.69, 9.17) is 8.83 Å². The lowest BCUT2D eigenvalue weighted by Crippen LogP contribution is -1.55. The largest absolute Gasteiger partial charge is 0.465 e. The van der Waals surface area contributed by atoms with Gasteiger partial charge in [0.25, 0.3) is 0 Å². The van der Waals surface area contributed by atoms with Crippen molar-refractivity contribution in [1.82, 2.24) is 0 Å². The average molecular weight is 122 g/mol. The second-order valence-electron chi connectivity index (χ2n) is 1.99. The molecule has 0 bridgehead atoms. The Bertz CT molecular complexity index is 316. The number of fused-ring (bicyclic) bond motifs is 1. The molecule has 0 N–H and O–H groups in total. The molecule has 0 radical (unpaired) electrons. The van der Waals surface area contributed by atoms with Crippen LogP contribution in [0.1, 0.15) is 5.76 Å². The quantitative estimate of drug-likeness (QED) is 0.536. The van der Waals surface area contributed by atoms with Gasteiger partial charge < -0.3 is 8.83 Å². The van der Waals surface area contributed by atoms with E-state index in [1.165, 1.54) is 0 Å². The van der Waals surface area contributed by atoms with Crippen molar-refractivity contribution in [1.29, 1.82) is 0 Å². The highest BCUT2D eigenvalue weighted by atomic mass is 16.4. The van der Waals surface area contributed by atoms with Crippen LogP contribution < -0.4 is 0 Å². The predicted molar refractivity (Wildman–Crippen MR) is 33.2 cm³/mol. The first-order valence-electron chi connectivity index (χ1n) is 2.79. The van der Waals surface area contributed by atoms with Crippen LogP contribution in [-0.2, 0) is 0 Å². The standard InChI is InChI=1S/C7H6O2/c1-5-6-2-3-8-7(6)4-9-5/h2-4H,1H3. The van der Waals surface area contributed by atoms with Gasteiger partial charge in [-0.05, 0) is 13.0 Å². The molecule has 0 atom stereocenters. The van der Waals surface area contributed by atoms with Crippen LogP contribution in [0.25, 0.3) is 11.0 Å². The van der Waals surface area contributed by atoms with Gasteiger partial charge in [-0.1, -0.05) is 0 Å². The molecule has 2 aromatic heterocycles. The summed E-state index contributed by atoms with van der Waals surface area (Å²) in [6, 6.07) is 1.90. The molecule has 0 fully saturated rings. The molecule has 46 valence electrons. The minimum Gasteiger partial charge on any atom is -0.465 e. The molecule has 2 heterocycles. The van der Waals surface area contributed by atoms with Crippen molar-refractivity contribution < 1.29 is 8.83 Å². The van der Waals surface area contributed by atoms with Gasteiger partial charge in [-0.2, -0.15) is 0 Å². The molecule has 0 aliphatic rings. The Balaban J connectivity index is 2.99. The Labute approximate surface area is 52.1 Å². The minimum atomic E-state index is 0.826. The van der Waals surface area contributed by atoms with Crippen LogP contribution in [0.2, 0.25) is 0 Å². The van der Waals surface area contributed by atoms with Crippen LogP contribution >= 0.6 is 0 Å². The lowest BCUT2D eigenvalue weighted by atomic mass is 10.3. The summed E-state index contributed by atoms with van der Waals surface area (Å²) in [5, 5.41) is 1.06. The van der Waals surface area contributed by atoms with Crippen molar-refractivity contribution in [2.45, 2.75) is 6.92 Å². The fourth-order valence-electron chi connectivity index (χ4n) is 0.908. The average Bonchev–Trinajstić information content (AvgIpc) is 2.35. The highest BCUT2D eigenvalue weighted by Crippen LogP contribution is 2.20. The van der Waals surface area contributed by atoms with Crippen molar-refractivity contribution in [2.75, 3.05) is 0 Å². The number of aryl methyl sites for hydroxylation is 1. The molecule has 0 aromatic carbocycles. The van der Waals surface area contributed by atoms with Gasteiger partial charge in [0.15, 0.2) is 5.58 Å². The fourth-order valence-corrected chi connectivity index (χ4v) is 0.908. The third kappa shape index (κ3) is 0.499.